The van der Waals surface area contributed by atoms with E-state index in [0.717, 1.165) is 31.6 Å². The Morgan fingerprint density at radius 1 is 1.05 bits per heavy atom. The van der Waals surface area contributed by atoms with Crippen LogP contribution in [0, 0.1) is 34.0 Å². The molecule has 0 spiro atoms. The number of rotatable bonds is 3. The van der Waals surface area contributed by atoms with E-state index < -0.39 is 0 Å². The zero-order valence-electron chi connectivity index (χ0n) is 12.3. The van der Waals surface area contributed by atoms with Gasteiger partial charge in [-0.15, -0.1) is 0 Å². The van der Waals surface area contributed by atoms with Gasteiger partial charge in [-0.05, 0) is 31.0 Å². The molecule has 1 aromatic rings. The van der Waals surface area contributed by atoms with Gasteiger partial charge in [0.15, 0.2) is 0 Å². The summed E-state index contributed by atoms with van der Waals surface area (Å²) < 4.78 is 0. The van der Waals surface area contributed by atoms with Gasteiger partial charge in [-0.1, -0.05) is 12.8 Å². The molecule has 0 saturated carbocycles. The van der Waals surface area contributed by atoms with Crippen molar-refractivity contribution in [2.45, 2.75) is 25.7 Å². The molecule has 1 fully saturated rings. The molecule has 1 heterocycles. The van der Waals surface area contributed by atoms with E-state index in [2.05, 4.69) is 16.3 Å². The zero-order valence-corrected chi connectivity index (χ0v) is 12.3. The number of hydrogen-bond acceptors (Lipinski definition) is 5. The second kappa shape index (κ2) is 7.72. The van der Waals surface area contributed by atoms with Crippen LogP contribution >= 0.6 is 0 Å². The number of hydrogen-bond donors (Lipinski definition) is 1. The molecule has 0 amide bonds. The van der Waals surface area contributed by atoms with E-state index in [1.165, 1.54) is 19.0 Å². The second-order valence-electron chi connectivity index (χ2n) is 5.17. The smallest absolute Gasteiger partial charge is 0.145 e. The largest absolute Gasteiger partial charge is 0.370 e. The fraction of sp³-hybridized carbons (Fsp3) is 0.353. The number of benzene rings is 1. The van der Waals surface area contributed by atoms with Gasteiger partial charge in [0.25, 0.3) is 0 Å². The molecular formula is C17H17N5. The molecule has 1 saturated heterocycles. The third-order valence-electron chi connectivity index (χ3n) is 3.69. The molecule has 22 heavy (non-hydrogen) atoms. The molecule has 0 aromatic heterocycles. The first-order valence-electron chi connectivity index (χ1n) is 7.34. The Labute approximate surface area is 130 Å². The average Bonchev–Trinajstić information content (AvgIpc) is 2.84. The Morgan fingerprint density at radius 2 is 1.73 bits per heavy atom. The minimum absolute atomic E-state index is 0.00453. The van der Waals surface area contributed by atoms with Gasteiger partial charge in [0.2, 0.25) is 0 Å². The van der Waals surface area contributed by atoms with Crippen LogP contribution in [0.15, 0.2) is 30.0 Å². The second-order valence-corrected chi connectivity index (χ2v) is 5.17. The molecule has 0 atom stereocenters. The lowest BCUT2D eigenvalue weighted by molar-refractivity contribution is 0.726. The summed E-state index contributed by atoms with van der Waals surface area (Å²) in [5.74, 6) is 0. The predicted molar refractivity (Wildman–Crippen MR) is 84.8 cm³/mol. The van der Waals surface area contributed by atoms with Crippen LogP contribution in [0.1, 0.15) is 31.2 Å². The number of nitriles is 3. The van der Waals surface area contributed by atoms with Crippen LogP contribution in [0.3, 0.4) is 0 Å². The van der Waals surface area contributed by atoms with Gasteiger partial charge in [0.1, 0.15) is 23.8 Å². The topological polar surface area (TPSA) is 86.6 Å². The van der Waals surface area contributed by atoms with Crippen LogP contribution < -0.4 is 10.2 Å². The molecule has 2 rings (SSSR count). The molecule has 5 nitrogen and oxygen atoms in total. The lowest BCUT2D eigenvalue weighted by Gasteiger charge is -2.24. The number of nitrogens with zero attached hydrogens (tertiary/aromatic N) is 4. The summed E-state index contributed by atoms with van der Waals surface area (Å²) in [5.41, 5.74) is 2.25. The highest BCUT2D eigenvalue weighted by Gasteiger charge is 2.13. The highest BCUT2D eigenvalue weighted by Crippen LogP contribution is 2.26. The Kier molecular flexibility index (Phi) is 5.41. The Bertz CT molecular complexity index is 660. The first-order chi connectivity index (χ1) is 10.8. The van der Waals surface area contributed by atoms with E-state index in [1.807, 2.05) is 12.1 Å². The van der Waals surface area contributed by atoms with E-state index in [4.69, 9.17) is 10.5 Å². The van der Waals surface area contributed by atoms with E-state index in [-0.39, 0.29) is 5.57 Å². The summed E-state index contributed by atoms with van der Waals surface area (Å²) in [6, 6.07) is 11.4. The van der Waals surface area contributed by atoms with Crippen molar-refractivity contribution in [1.29, 1.82) is 15.8 Å². The minimum Gasteiger partial charge on any atom is -0.370 e. The summed E-state index contributed by atoms with van der Waals surface area (Å²) in [6.07, 6.45) is 6.15. The number of anilines is 2. The molecule has 1 aromatic carbocycles. The monoisotopic (exact) mass is 291 g/mol. The first kappa shape index (κ1) is 15.4. The predicted octanol–water partition coefficient (Wildman–Crippen LogP) is 3.28. The molecule has 5 heteroatoms. The van der Waals surface area contributed by atoms with Gasteiger partial charge in [-0.2, -0.15) is 15.8 Å². The van der Waals surface area contributed by atoms with Crippen LogP contribution in [-0.4, -0.2) is 13.1 Å². The van der Waals surface area contributed by atoms with Crippen molar-refractivity contribution in [3.63, 3.8) is 0 Å². The van der Waals surface area contributed by atoms with Crippen LogP contribution in [0.25, 0.3) is 0 Å². The Morgan fingerprint density at radius 3 is 2.32 bits per heavy atom. The fourth-order valence-corrected chi connectivity index (χ4v) is 2.55. The normalized spacial score (nSPS) is 14.0. The highest BCUT2D eigenvalue weighted by molar-refractivity contribution is 5.66. The van der Waals surface area contributed by atoms with Gasteiger partial charge in [0.05, 0.1) is 11.3 Å². The SMILES string of the molecule is N#CC(C#N)=CNc1ccc(N2CCCCCC2)c(C#N)c1. The molecule has 1 aliphatic rings. The first-order valence-corrected chi connectivity index (χ1v) is 7.34. The van der Waals surface area contributed by atoms with E-state index in [0.29, 0.717) is 11.3 Å². The van der Waals surface area contributed by atoms with Gasteiger partial charge in [0, 0.05) is 25.0 Å². The quantitative estimate of drug-likeness (QED) is 0.863. The highest BCUT2D eigenvalue weighted by atomic mass is 15.1. The zero-order chi connectivity index (χ0) is 15.8. The van der Waals surface area contributed by atoms with Crippen LogP contribution in [-0.2, 0) is 0 Å². The summed E-state index contributed by atoms with van der Waals surface area (Å²) in [4.78, 5) is 2.27. The van der Waals surface area contributed by atoms with Crippen molar-refractivity contribution in [3.8, 4) is 18.2 Å². The van der Waals surface area contributed by atoms with Gasteiger partial charge < -0.3 is 10.2 Å². The third kappa shape index (κ3) is 3.78. The Hall–Kier alpha value is -2.97. The maximum atomic E-state index is 9.39. The maximum absolute atomic E-state index is 9.39. The van der Waals surface area contributed by atoms with Crippen molar-refractivity contribution in [2.75, 3.05) is 23.3 Å². The molecule has 0 radical (unpaired) electrons. The van der Waals surface area contributed by atoms with Crippen molar-refractivity contribution >= 4 is 11.4 Å². The standard InChI is InChI=1S/C17H17N5/c18-10-14(11-19)13-21-16-5-6-17(15(9-16)12-20)22-7-3-1-2-4-8-22/h5-6,9,13,21H,1-4,7-8H2. The Balaban J connectivity index is 2.21. The average molecular weight is 291 g/mol. The summed E-state index contributed by atoms with van der Waals surface area (Å²) >= 11 is 0. The van der Waals surface area contributed by atoms with E-state index in [9.17, 15) is 5.26 Å². The van der Waals surface area contributed by atoms with Crippen molar-refractivity contribution in [2.24, 2.45) is 0 Å². The lowest BCUT2D eigenvalue weighted by Crippen LogP contribution is -2.24. The molecule has 0 aliphatic carbocycles. The van der Waals surface area contributed by atoms with Gasteiger partial charge in [-0.3, -0.25) is 0 Å². The van der Waals surface area contributed by atoms with Gasteiger partial charge in [-0.25, -0.2) is 0 Å². The van der Waals surface area contributed by atoms with Crippen LogP contribution in [0.4, 0.5) is 11.4 Å². The molecular weight excluding hydrogens is 274 g/mol. The molecule has 0 unspecified atom stereocenters. The maximum Gasteiger partial charge on any atom is 0.145 e. The summed E-state index contributed by atoms with van der Waals surface area (Å²) in [5, 5.41) is 29.7. The van der Waals surface area contributed by atoms with Crippen molar-refractivity contribution in [1.82, 2.24) is 0 Å². The van der Waals surface area contributed by atoms with Gasteiger partial charge >= 0.3 is 0 Å². The van der Waals surface area contributed by atoms with E-state index >= 15 is 0 Å². The van der Waals surface area contributed by atoms with E-state index in [1.54, 1.807) is 18.2 Å². The molecule has 0 bridgehead atoms. The molecule has 1 N–H and O–H groups in total. The fourth-order valence-electron chi connectivity index (χ4n) is 2.55. The molecule has 1 aliphatic heterocycles. The van der Waals surface area contributed by atoms with Crippen LogP contribution in [0.2, 0.25) is 0 Å². The van der Waals surface area contributed by atoms with Crippen molar-refractivity contribution < 1.29 is 0 Å². The van der Waals surface area contributed by atoms with Crippen molar-refractivity contribution in [3.05, 3.63) is 35.5 Å². The summed E-state index contributed by atoms with van der Waals surface area (Å²) in [6.45, 7) is 1.96. The minimum atomic E-state index is -0.00453. The number of allylic oxidation sites excluding steroid dienone is 1. The number of nitrogens with one attached hydrogen (secondary N) is 1. The lowest BCUT2D eigenvalue weighted by atomic mass is 10.1. The van der Waals surface area contributed by atoms with Crippen LogP contribution in [0.5, 0.6) is 0 Å². The third-order valence-corrected chi connectivity index (χ3v) is 3.69. The summed E-state index contributed by atoms with van der Waals surface area (Å²) in [7, 11) is 0. The molecule has 110 valence electrons.